The molecule has 0 unspecified atom stereocenters. The molecule has 24 heteroatoms. The Labute approximate surface area is 390 Å². The highest BCUT2D eigenvalue weighted by Crippen LogP contribution is 2.28. The van der Waals surface area contributed by atoms with Crippen molar-refractivity contribution in [3.8, 4) is 0 Å². The zero-order valence-corrected chi connectivity index (χ0v) is 37.5. The minimum absolute atomic E-state index is 0.0726. The van der Waals surface area contributed by atoms with Crippen LogP contribution in [0.1, 0.15) is 27.7 Å². The molecule has 0 radical (unpaired) electrons. The summed E-state index contributed by atoms with van der Waals surface area (Å²) in [6, 6.07) is 0. The molecule has 0 aliphatic carbocycles. The van der Waals surface area contributed by atoms with Crippen LogP contribution in [0, 0.1) is 0 Å². The number of esters is 2. The zero-order valence-electron chi connectivity index (χ0n) is 37.5. The summed E-state index contributed by atoms with van der Waals surface area (Å²) < 4.78 is 42.7. The van der Waals surface area contributed by atoms with Crippen molar-refractivity contribution in [3.05, 3.63) is 83.1 Å². The highest BCUT2D eigenvalue weighted by Gasteiger charge is 2.50. The number of carbonyl (C=O) groups is 2. The number of allylic oxidation sites excluding steroid dienone is 12. The molecule has 14 N–H and O–H groups in total. The van der Waals surface area contributed by atoms with Crippen LogP contribution in [0.3, 0.4) is 0 Å². The molecule has 0 bridgehead atoms. The molecule has 0 aromatic heterocycles. The number of rotatable bonds is 18. The molecule has 4 aliphatic rings. The lowest BCUT2D eigenvalue weighted by Crippen LogP contribution is -2.61. The minimum atomic E-state index is -1.86. The normalized spacial score (nSPS) is 40.3. The summed E-state index contributed by atoms with van der Waals surface area (Å²) in [6.07, 6.45) is -16.8. The molecule has 0 spiro atoms. The summed E-state index contributed by atoms with van der Waals surface area (Å²) in [5, 5.41) is 142. The van der Waals surface area contributed by atoms with Crippen molar-refractivity contribution in [3.63, 3.8) is 0 Å². The van der Waals surface area contributed by atoms with E-state index in [0.29, 0.717) is 0 Å². The van der Waals surface area contributed by atoms with Crippen molar-refractivity contribution in [2.24, 2.45) is 0 Å². The van der Waals surface area contributed by atoms with Gasteiger partial charge in [0.1, 0.15) is 97.7 Å². The molecule has 68 heavy (non-hydrogen) atoms. The van der Waals surface area contributed by atoms with Gasteiger partial charge in [0.05, 0.1) is 26.4 Å². The van der Waals surface area contributed by atoms with Gasteiger partial charge in [-0.3, -0.25) is 0 Å². The van der Waals surface area contributed by atoms with Crippen LogP contribution in [0.25, 0.3) is 0 Å². The molecule has 20 atom stereocenters. The predicted octanol–water partition coefficient (Wildman–Crippen LogP) is -5.23. The van der Waals surface area contributed by atoms with E-state index in [1.54, 1.807) is 62.5 Å². The number of hydrogen-bond acceptors (Lipinski definition) is 24. The molecule has 4 saturated heterocycles. The van der Waals surface area contributed by atoms with Crippen molar-refractivity contribution in [1.82, 2.24) is 0 Å². The summed E-state index contributed by atoms with van der Waals surface area (Å²) in [5.74, 6) is -1.86. The Morgan fingerprint density at radius 1 is 0.397 bits per heavy atom. The predicted molar refractivity (Wildman–Crippen MR) is 227 cm³/mol. The van der Waals surface area contributed by atoms with Crippen molar-refractivity contribution in [2.75, 3.05) is 26.4 Å². The number of aliphatic hydroxyl groups is 14. The summed E-state index contributed by atoms with van der Waals surface area (Å²) in [4.78, 5) is 25.6. The van der Waals surface area contributed by atoms with Crippen LogP contribution in [0.5, 0.6) is 0 Å². The van der Waals surface area contributed by atoms with Crippen LogP contribution >= 0.6 is 0 Å². The minimum Gasteiger partial charge on any atom is -0.429 e. The fourth-order valence-corrected chi connectivity index (χ4v) is 6.84. The number of hydrogen-bond donors (Lipinski definition) is 14. The van der Waals surface area contributed by atoms with Crippen LogP contribution in [0.15, 0.2) is 83.1 Å². The van der Waals surface area contributed by atoms with E-state index < -0.39 is 161 Å². The Balaban J connectivity index is 1.23. The fourth-order valence-electron chi connectivity index (χ4n) is 6.84. The van der Waals surface area contributed by atoms with Crippen molar-refractivity contribution in [2.45, 2.75) is 151 Å². The molecule has 384 valence electrons. The van der Waals surface area contributed by atoms with Gasteiger partial charge in [-0.25, -0.2) is 9.59 Å². The summed E-state index contributed by atoms with van der Waals surface area (Å²) in [5.41, 5.74) is 1.68. The SMILES string of the molecule is CC(=C/C=C/C=C(C)/C=C/C=C(/C)C(=O)O[C@@H]1O[C@H](CO[C@@H]2O[C@H](CO)[C@@H](O)[C@H](O)[C@H]2O)[C@@H](O)[C@H](O)[C@H]1O)/C=C/C=C(/C)C(=O)O[C@@H]1O[C@H](CO[C@@H]2O[C@H](CO)[C@@H](O)[C@H](O)[C@H]2O)[C@@H](O)[C@H](O)[C@H]1O. The highest BCUT2D eigenvalue weighted by molar-refractivity contribution is 5.88. The first-order valence-electron chi connectivity index (χ1n) is 21.5. The molecular weight excluding hydrogens is 912 g/mol. The van der Waals surface area contributed by atoms with Gasteiger partial charge in [0, 0.05) is 11.1 Å². The van der Waals surface area contributed by atoms with E-state index in [9.17, 15) is 81.1 Å². The topological polar surface area (TPSA) is 391 Å². The highest BCUT2D eigenvalue weighted by atomic mass is 16.8. The van der Waals surface area contributed by atoms with Gasteiger partial charge >= 0.3 is 11.9 Å². The second kappa shape index (κ2) is 26.5. The quantitative estimate of drug-likeness (QED) is 0.0347. The van der Waals surface area contributed by atoms with Crippen LogP contribution in [-0.4, -0.2) is 233 Å². The van der Waals surface area contributed by atoms with Gasteiger partial charge in [-0.2, -0.15) is 0 Å². The lowest BCUT2D eigenvalue weighted by atomic mass is 9.98. The summed E-state index contributed by atoms with van der Waals surface area (Å²) in [7, 11) is 0. The van der Waals surface area contributed by atoms with Crippen LogP contribution in [0.2, 0.25) is 0 Å². The molecule has 4 aliphatic heterocycles. The van der Waals surface area contributed by atoms with E-state index >= 15 is 0 Å². The first-order chi connectivity index (χ1) is 32.1. The molecular formula is C44H64O24. The molecule has 0 amide bonds. The van der Waals surface area contributed by atoms with Gasteiger partial charge in [-0.1, -0.05) is 71.9 Å². The Morgan fingerprint density at radius 3 is 1.01 bits per heavy atom. The fraction of sp³-hybridized carbons (Fsp3) is 0.636. The third-order valence-corrected chi connectivity index (χ3v) is 11.2. The first-order valence-corrected chi connectivity index (χ1v) is 21.5. The summed E-state index contributed by atoms with van der Waals surface area (Å²) in [6.45, 7) is 3.80. The maximum absolute atomic E-state index is 12.8. The van der Waals surface area contributed by atoms with Crippen molar-refractivity contribution < 1.29 is 119 Å². The van der Waals surface area contributed by atoms with E-state index in [0.717, 1.165) is 11.1 Å². The molecule has 0 aromatic carbocycles. The van der Waals surface area contributed by atoms with Crippen LogP contribution < -0.4 is 0 Å². The average molecular weight is 977 g/mol. The second-order valence-corrected chi connectivity index (χ2v) is 16.5. The lowest BCUT2D eigenvalue weighted by Gasteiger charge is -2.42. The lowest BCUT2D eigenvalue weighted by molar-refractivity contribution is -0.326. The standard InChI is InChI=1S/C44H64O24/c1-19(11-7-13-21(3)39(59)67-43-37(57)33(53)29(49)25(65-43)17-61-41-35(55)31(51)27(47)23(15-45)63-41)9-5-6-10-20(2)12-8-14-22(4)40(60)68-44-38(58)34(54)30(50)26(66-44)18-62-42-36(56)32(52)28(48)24(16-46)64-42/h5-14,23-38,41-58H,15-18H2,1-4H3/b6-5+,11-7+,12-8+,19-9-,20-10+,21-13-,22-14-/t23-,24-,25-,26-,27-,28-,29-,30-,31+,32+,33+,34+,35-,36-,37-,38-,41-,42-,43+,44+/m1/s1. The largest absolute Gasteiger partial charge is 0.429 e. The van der Waals surface area contributed by atoms with Crippen molar-refractivity contribution in [1.29, 1.82) is 0 Å². The Hall–Kier alpha value is -3.68. The monoisotopic (exact) mass is 976 g/mol. The number of ether oxygens (including phenoxy) is 8. The smallest absolute Gasteiger partial charge is 0.336 e. The Bertz CT molecular complexity index is 1730. The van der Waals surface area contributed by atoms with Gasteiger partial charge in [0.15, 0.2) is 12.6 Å². The first kappa shape index (κ1) is 56.9. The molecule has 0 aromatic rings. The molecule has 4 heterocycles. The Kier molecular flexibility index (Phi) is 22.2. The average Bonchev–Trinajstić information content (AvgIpc) is 3.31. The van der Waals surface area contributed by atoms with Gasteiger partial charge in [-0.05, 0) is 27.7 Å². The van der Waals surface area contributed by atoms with E-state index in [4.69, 9.17) is 37.9 Å². The maximum atomic E-state index is 12.8. The number of carbonyl (C=O) groups excluding carboxylic acids is 2. The molecule has 4 fully saturated rings. The van der Waals surface area contributed by atoms with Gasteiger partial charge < -0.3 is 109 Å². The third kappa shape index (κ3) is 14.9. The van der Waals surface area contributed by atoms with Gasteiger partial charge in [-0.15, -0.1) is 0 Å². The zero-order chi connectivity index (χ0) is 50.6. The van der Waals surface area contributed by atoms with Gasteiger partial charge in [0.25, 0.3) is 0 Å². The van der Waals surface area contributed by atoms with Crippen LogP contribution in [0.4, 0.5) is 0 Å². The third-order valence-electron chi connectivity index (χ3n) is 11.2. The van der Waals surface area contributed by atoms with Crippen LogP contribution in [-0.2, 0) is 47.5 Å². The molecule has 4 rings (SSSR count). The maximum Gasteiger partial charge on any atom is 0.336 e. The summed E-state index contributed by atoms with van der Waals surface area (Å²) >= 11 is 0. The van der Waals surface area contributed by atoms with E-state index in [1.165, 1.54) is 26.0 Å². The van der Waals surface area contributed by atoms with Gasteiger partial charge in [0.2, 0.25) is 12.6 Å². The van der Waals surface area contributed by atoms with E-state index in [1.807, 2.05) is 0 Å². The van der Waals surface area contributed by atoms with E-state index in [-0.39, 0.29) is 11.1 Å². The van der Waals surface area contributed by atoms with E-state index in [2.05, 4.69) is 0 Å². The molecule has 0 saturated carbocycles. The Morgan fingerprint density at radius 2 is 0.691 bits per heavy atom. The number of aliphatic hydroxyl groups excluding tert-OH is 14. The molecule has 24 nitrogen and oxygen atoms in total. The van der Waals surface area contributed by atoms with Crippen molar-refractivity contribution >= 4 is 11.9 Å². The second-order valence-electron chi connectivity index (χ2n) is 16.5.